The van der Waals surface area contributed by atoms with Crippen molar-refractivity contribution in [2.45, 2.75) is 25.1 Å². The first-order chi connectivity index (χ1) is 12.5. The van der Waals surface area contributed by atoms with E-state index < -0.39 is 58.6 Å². The van der Waals surface area contributed by atoms with Crippen LogP contribution in [0.2, 0.25) is 0 Å². The molecular formula is C15H15F4N3O4S. The highest BCUT2D eigenvalue weighted by atomic mass is 32.2. The van der Waals surface area contributed by atoms with Gasteiger partial charge >= 0.3 is 16.4 Å². The molecule has 1 atom stereocenters. The lowest BCUT2D eigenvalue weighted by atomic mass is 10.0. The number of nitrogens with zero attached hydrogens (tertiary/aromatic N) is 1. The van der Waals surface area contributed by atoms with Crippen LogP contribution in [-0.2, 0) is 15.0 Å². The average Bonchev–Trinajstić information content (AvgIpc) is 3.09. The standard InChI is InChI=1S/C15H15F4N3O4S/c16-13-10(8-5-9(20-6-8)3-4-15(17,18)19)1-2-11(23)14(13)22-7-12(24)21-27(22,25)26/h1-2,5,9,20,23H,3-4,6-7H2,(H,21,24)/t9-/m0/s1. The summed E-state index contributed by atoms with van der Waals surface area (Å²) in [6.45, 7) is -0.616. The molecule has 0 unspecified atom stereocenters. The molecule has 7 nitrogen and oxygen atoms in total. The number of hydrogen-bond donors (Lipinski definition) is 3. The lowest BCUT2D eigenvalue weighted by Gasteiger charge is -2.18. The fourth-order valence-corrected chi connectivity index (χ4v) is 4.14. The summed E-state index contributed by atoms with van der Waals surface area (Å²) in [6.07, 6.45) is -4.10. The van der Waals surface area contributed by atoms with Gasteiger partial charge in [0.25, 0.3) is 5.91 Å². The first-order valence-electron chi connectivity index (χ1n) is 7.84. The van der Waals surface area contributed by atoms with Gasteiger partial charge in [-0.3, -0.25) is 4.79 Å². The summed E-state index contributed by atoms with van der Waals surface area (Å²) in [4.78, 5) is 11.4. The third-order valence-corrected chi connectivity index (χ3v) is 5.58. The summed E-state index contributed by atoms with van der Waals surface area (Å²) in [6, 6.07) is 1.65. The molecule has 148 valence electrons. The number of benzene rings is 1. The lowest BCUT2D eigenvalue weighted by Crippen LogP contribution is -2.30. The van der Waals surface area contributed by atoms with Gasteiger partial charge in [-0.15, -0.1) is 0 Å². The van der Waals surface area contributed by atoms with Crippen molar-refractivity contribution in [1.82, 2.24) is 10.0 Å². The molecule has 0 aliphatic carbocycles. The minimum Gasteiger partial charge on any atom is -0.506 e. The predicted octanol–water partition coefficient (Wildman–Crippen LogP) is 1.41. The molecule has 1 saturated heterocycles. The Morgan fingerprint density at radius 1 is 1.30 bits per heavy atom. The van der Waals surface area contributed by atoms with Gasteiger partial charge in [0.05, 0.1) is 0 Å². The Labute approximate surface area is 151 Å². The van der Waals surface area contributed by atoms with Gasteiger partial charge in [0, 0.05) is 24.6 Å². The van der Waals surface area contributed by atoms with E-state index in [2.05, 4.69) is 5.32 Å². The van der Waals surface area contributed by atoms with Crippen LogP contribution in [0.1, 0.15) is 18.4 Å². The van der Waals surface area contributed by atoms with Gasteiger partial charge in [0.15, 0.2) is 5.82 Å². The van der Waals surface area contributed by atoms with Crippen LogP contribution in [0.3, 0.4) is 0 Å². The van der Waals surface area contributed by atoms with Crippen molar-refractivity contribution in [3.8, 4) is 5.75 Å². The van der Waals surface area contributed by atoms with E-state index in [-0.39, 0.29) is 18.5 Å². The van der Waals surface area contributed by atoms with Gasteiger partial charge in [-0.2, -0.15) is 21.6 Å². The summed E-state index contributed by atoms with van der Waals surface area (Å²) in [7, 11) is -4.34. The second-order valence-electron chi connectivity index (χ2n) is 6.16. The van der Waals surface area contributed by atoms with Crippen LogP contribution in [-0.4, -0.2) is 44.7 Å². The molecule has 1 aromatic rings. The van der Waals surface area contributed by atoms with E-state index in [0.717, 1.165) is 6.07 Å². The second-order valence-corrected chi connectivity index (χ2v) is 7.76. The summed E-state index contributed by atoms with van der Waals surface area (Å²) in [5, 5.41) is 12.7. The maximum atomic E-state index is 15.0. The molecule has 1 fully saturated rings. The molecule has 2 aliphatic heterocycles. The summed E-state index contributed by atoms with van der Waals surface area (Å²) >= 11 is 0. The fourth-order valence-electron chi connectivity index (χ4n) is 2.98. The highest BCUT2D eigenvalue weighted by Crippen LogP contribution is 2.38. The Morgan fingerprint density at radius 2 is 2.00 bits per heavy atom. The van der Waals surface area contributed by atoms with Crippen LogP contribution >= 0.6 is 0 Å². The molecule has 2 aliphatic rings. The maximum absolute atomic E-state index is 15.0. The number of rotatable bonds is 4. The molecule has 0 radical (unpaired) electrons. The Balaban J connectivity index is 1.92. The number of carbonyl (C=O) groups excluding carboxylic acids is 1. The number of hydrogen-bond acceptors (Lipinski definition) is 5. The SMILES string of the molecule is O=C1CN(c2c(O)ccc(C3=C[C@H](CCC(F)(F)F)NC3)c2F)S(=O)(=O)N1. The summed E-state index contributed by atoms with van der Waals surface area (Å²) < 4.78 is 77.9. The minimum absolute atomic E-state index is 0.0700. The number of nitrogens with one attached hydrogen (secondary N) is 2. The van der Waals surface area contributed by atoms with Gasteiger partial charge in [-0.05, 0) is 24.1 Å². The molecule has 12 heteroatoms. The third kappa shape index (κ3) is 4.00. The Morgan fingerprint density at radius 3 is 2.59 bits per heavy atom. The van der Waals surface area contributed by atoms with E-state index in [1.54, 1.807) is 4.72 Å². The van der Waals surface area contributed by atoms with Crippen LogP contribution in [0.4, 0.5) is 23.2 Å². The molecule has 3 N–H and O–H groups in total. The topological polar surface area (TPSA) is 98.7 Å². The number of phenols is 1. The zero-order valence-electron chi connectivity index (χ0n) is 13.7. The Hall–Kier alpha value is -2.34. The third-order valence-electron chi connectivity index (χ3n) is 4.21. The number of alkyl halides is 3. The summed E-state index contributed by atoms with van der Waals surface area (Å²) in [5.74, 6) is -2.65. The van der Waals surface area contributed by atoms with E-state index >= 15 is 0 Å². The monoisotopic (exact) mass is 409 g/mol. The van der Waals surface area contributed by atoms with Gasteiger partial charge in [0.2, 0.25) is 0 Å². The van der Waals surface area contributed by atoms with E-state index in [1.165, 1.54) is 12.1 Å². The normalized spacial score (nSPS) is 22.1. The van der Waals surface area contributed by atoms with Crippen molar-refractivity contribution >= 4 is 27.4 Å². The zero-order valence-corrected chi connectivity index (χ0v) is 14.5. The number of anilines is 1. The Bertz CT molecular complexity index is 914. The molecule has 0 aromatic heterocycles. The number of aromatic hydroxyl groups is 1. The molecule has 0 spiro atoms. The van der Waals surface area contributed by atoms with E-state index in [1.807, 2.05) is 0 Å². The van der Waals surface area contributed by atoms with E-state index in [9.17, 15) is 35.9 Å². The zero-order chi connectivity index (χ0) is 20.0. The highest BCUT2D eigenvalue weighted by Gasteiger charge is 2.38. The smallest absolute Gasteiger partial charge is 0.389 e. The van der Waals surface area contributed by atoms with Crippen molar-refractivity contribution in [2.75, 3.05) is 17.4 Å². The number of phenolic OH excluding ortho intramolecular Hbond substituents is 1. The van der Waals surface area contributed by atoms with Crippen molar-refractivity contribution < 1.29 is 35.9 Å². The van der Waals surface area contributed by atoms with Gasteiger partial charge in [-0.25, -0.2) is 13.4 Å². The molecule has 1 amide bonds. The second kappa shape index (κ2) is 6.68. The molecule has 0 bridgehead atoms. The summed E-state index contributed by atoms with van der Waals surface area (Å²) in [5.41, 5.74) is -0.429. The predicted molar refractivity (Wildman–Crippen MR) is 87.5 cm³/mol. The first kappa shape index (κ1) is 19.4. The largest absolute Gasteiger partial charge is 0.506 e. The van der Waals surface area contributed by atoms with Crippen LogP contribution in [0.5, 0.6) is 5.75 Å². The van der Waals surface area contributed by atoms with Crippen LogP contribution in [0, 0.1) is 5.82 Å². The average molecular weight is 409 g/mol. The lowest BCUT2D eigenvalue weighted by molar-refractivity contribution is -0.136. The van der Waals surface area contributed by atoms with Crippen LogP contribution < -0.4 is 14.3 Å². The quantitative estimate of drug-likeness (QED) is 0.654. The highest BCUT2D eigenvalue weighted by molar-refractivity contribution is 7.92. The van der Waals surface area contributed by atoms with E-state index in [0.29, 0.717) is 9.88 Å². The van der Waals surface area contributed by atoms with Crippen molar-refractivity contribution in [3.63, 3.8) is 0 Å². The molecule has 27 heavy (non-hydrogen) atoms. The van der Waals surface area contributed by atoms with Crippen molar-refractivity contribution in [2.24, 2.45) is 0 Å². The van der Waals surface area contributed by atoms with E-state index in [4.69, 9.17) is 0 Å². The minimum atomic E-state index is -4.34. The maximum Gasteiger partial charge on any atom is 0.389 e. The number of halogens is 4. The van der Waals surface area contributed by atoms with Crippen LogP contribution in [0.25, 0.3) is 5.57 Å². The van der Waals surface area contributed by atoms with Gasteiger partial charge < -0.3 is 10.4 Å². The molecule has 0 saturated carbocycles. The van der Waals surface area contributed by atoms with Crippen molar-refractivity contribution in [1.29, 1.82) is 0 Å². The van der Waals surface area contributed by atoms with Crippen LogP contribution in [0.15, 0.2) is 18.2 Å². The molecule has 1 aromatic carbocycles. The van der Waals surface area contributed by atoms with Crippen molar-refractivity contribution in [3.05, 3.63) is 29.6 Å². The van der Waals surface area contributed by atoms with Gasteiger partial charge in [0.1, 0.15) is 18.0 Å². The molecule has 3 rings (SSSR count). The number of amides is 1. The Kier molecular flexibility index (Phi) is 4.80. The molecular weight excluding hydrogens is 394 g/mol. The first-order valence-corrected chi connectivity index (χ1v) is 9.28. The van der Waals surface area contributed by atoms with Gasteiger partial charge in [-0.1, -0.05) is 6.08 Å². The molecule has 2 heterocycles. The fraction of sp³-hybridized carbons (Fsp3) is 0.400. The number of carbonyl (C=O) groups is 1.